The minimum Gasteiger partial charge on any atom is -0.510 e. The molecule has 1 saturated carbocycles. The number of halogens is 1. The van der Waals surface area contributed by atoms with Crippen LogP contribution < -0.4 is 4.65 Å². The zero-order valence-corrected chi connectivity index (χ0v) is 14.7. The van der Waals surface area contributed by atoms with Gasteiger partial charge in [-0.2, -0.15) is 0 Å². The van der Waals surface area contributed by atoms with Gasteiger partial charge in [0.05, 0.1) is 0 Å². The third kappa shape index (κ3) is 6.44. The molecule has 0 heterocycles. The van der Waals surface area contributed by atoms with Crippen LogP contribution in [0.2, 0.25) is 0 Å². The number of hydrogen-bond acceptors (Lipinski definition) is 3. The molecule has 0 amide bonds. The Morgan fingerprint density at radius 3 is 2.33 bits per heavy atom. The van der Waals surface area contributed by atoms with E-state index in [2.05, 4.69) is 11.6 Å². The first-order chi connectivity index (χ1) is 11.6. The van der Waals surface area contributed by atoms with Crippen molar-refractivity contribution in [3.05, 3.63) is 29.6 Å². The molecule has 1 aromatic rings. The van der Waals surface area contributed by atoms with Crippen molar-refractivity contribution in [1.29, 1.82) is 0 Å². The van der Waals surface area contributed by atoms with Gasteiger partial charge in [-0.3, -0.25) is 0 Å². The maximum Gasteiger partial charge on any atom is 0.707 e. The van der Waals surface area contributed by atoms with Crippen molar-refractivity contribution in [2.75, 3.05) is 0 Å². The zero-order valence-electron chi connectivity index (χ0n) is 14.7. The maximum absolute atomic E-state index is 13.8. The normalized spacial score (nSPS) is 20.8. The number of unbranched alkanes of at least 4 members (excludes halogenated alkanes) is 2. The molecule has 1 aliphatic rings. The van der Waals surface area contributed by atoms with Crippen LogP contribution in [0.15, 0.2) is 18.2 Å². The van der Waals surface area contributed by atoms with Gasteiger partial charge in [0, 0.05) is 0 Å². The Morgan fingerprint density at radius 1 is 1.08 bits per heavy atom. The molecule has 1 aliphatic carbocycles. The molecule has 0 spiro atoms. The second-order valence-corrected chi connectivity index (χ2v) is 7.13. The van der Waals surface area contributed by atoms with E-state index in [-0.39, 0.29) is 5.75 Å². The van der Waals surface area contributed by atoms with Crippen LogP contribution in [0, 0.1) is 17.7 Å². The Morgan fingerprint density at radius 2 is 1.75 bits per heavy atom. The van der Waals surface area contributed by atoms with Gasteiger partial charge in [-0.25, -0.2) is 4.39 Å². The van der Waals surface area contributed by atoms with Crippen LogP contribution in [-0.2, 0) is 6.42 Å². The topological polar surface area (TPSA) is 49.7 Å². The van der Waals surface area contributed by atoms with Gasteiger partial charge < -0.3 is 14.7 Å². The Bertz CT molecular complexity index is 488. The monoisotopic (exact) mass is 336 g/mol. The highest BCUT2D eigenvalue weighted by atomic mass is 19.1. The molecule has 24 heavy (non-hydrogen) atoms. The lowest BCUT2D eigenvalue weighted by Crippen LogP contribution is -2.21. The lowest BCUT2D eigenvalue weighted by Gasteiger charge is -2.28. The molecule has 2 N–H and O–H groups in total. The fourth-order valence-electron chi connectivity index (χ4n) is 3.77. The average Bonchev–Trinajstić information content (AvgIpc) is 2.56. The van der Waals surface area contributed by atoms with Crippen molar-refractivity contribution >= 4 is 7.32 Å². The summed E-state index contributed by atoms with van der Waals surface area (Å²) in [6.07, 6.45) is 12.7. The van der Waals surface area contributed by atoms with E-state index in [4.69, 9.17) is 10.0 Å². The van der Waals surface area contributed by atoms with E-state index in [1.807, 2.05) is 0 Å². The van der Waals surface area contributed by atoms with Gasteiger partial charge in [0.1, 0.15) is 5.75 Å². The molecule has 0 unspecified atom stereocenters. The minimum absolute atomic E-state index is 0.124. The fraction of sp³-hybridized carbons (Fsp3) is 0.684. The maximum atomic E-state index is 13.8. The van der Waals surface area contributed by atoms with Gasteiger partial charge in [0.2, 0.25) is 0 Å². The van der Waals surface area contributed by atoms with E-state index in [1.54, 1.807) is 6.07 Å². The van der Waals surface area contributed by atoms with Crippen LogP contribution in [-0.4, -0.2) is 17.4 Å². The SMILES string of the molecule is CCCCC[C@H]1CC[C@H](CCc2ccc(OB(O)O)c(F)c2)CC1. The van der Waals surface area contributed by atoms with Crippen molar-refractivity contribution in [2.45, 2.75) is 71.1 Å². The molecule has 5 heteroatoms. The third-order valence-corrected chi connectivity index (χ3v) is 5.25. The fourth-order valence-corrected chi connectivity index (χ4v) is 3.77. The van der Waals surface area contributed by atoms with E-state index < -0.39 is 13.1 Å². The summed E-state index contributed by atoms with van der Waals surface area (Å²) < 4.78 is 18.4. The Balaban J connectivity index is 1.71. The quantitative estimate of drug-likeness (QED) is 0.516. The molecule has 0 aliphatic heterocycles. The van der Waals surface area contributed by atoms with Gasteiger partial charge in [-0.15, -0.1) is 0 Å². The van der Waals surface area contributed by atoms with E-state index >= 15 is 0 Å². The summed E-state index contributed by atoms with van der Waals surface area (Å²) in [4.78, 5) is 0. The van der Waals surface area contributed by atoms with Crippen LogP contribution in [0.5, 0.6) is 5.75 Å². The smallest absolute Gasteiger partial charge is 0.510 e. The highest BCUT2D eigenvalue weighted by Gasteiger charge is 2.21. The third-order valence-electron chi connectivity index (χ3n) is 5.25. The number of rotatable bonds is 9. The molecule has 0 aromatic heterocycles. The molecule has 3 nitrogen and oxygen atoms in total. The number of benzene rings is 1. The van der Waals surface area contributed by atoms with E-state index in [0.29, 0.717) is 0 Å². The van der Waals surface area contributed by atoms with Gasteiger partial charge in [0.25, 0.3) is 0 Å². The molecule has 0 saturated heterocycles. The van der Waals surface area contributed by atoms with Gasteiger partial charge in [0.15, 0.2) is 5.82 Å². The van der Waals surface area contributed by atoms with Crippen molar-refractivity contribution in [1.82, 2.24) is 0 Å². The molecule has 0 radical (unpaired) electrons. The van der Waals surface area contributed by atoms with Crippen LogP contribution in [0.25, 0.3) is 0 Å². The van der Waals surface area contributed by atoms with E-state index in [0.717, 1.165) is 30.2 Å². The zero-order chi connectivity index (χ0) is 17.4. The van der Waals surface area contributed by atoms with Crippen molar-refractivity contribution in [3.63, 3.8) is 0 Å². The Kier molecular flexibility index (Phi) is 8.06. The van der Waals surface area contributed by atoms with Gasteiger partial charge >= 0.3 is 7.32 Å². The lowest BCUT2D eigenvalue weighted by atomic mass is 9.78. The standard InChI is InChI=1S/C19H30BFO3/c1-2-3-4-5-15-6-8-16(9-7-15)10-11-17-12-13-19(18(21)14-17)24-20(22)23/h12-16,22-23H,2-11H2,1H3/t15-,16-. The van der Waals surface area contributed by atoms with Gasteiger partial charge in [-0.1, -0.05) is 64.4 Å². The second-order valence-electron chi connectivity index (χ2n) is 7.13. The van der Waals surface area contributed by atoms with Crippen LogP contribution >= 0.6 is 0 Å². The van der Waals surface area contributed by atoms with E-state index in [9.17, 15) is 4.39 Å². The summed E-state index contributed by atoms with van der Waals surface area (Å²) in [5.74, 6) is 1.01. The summed E-state index contributed by atoms with van der Waals surface area (Å²) in [5.41, 5.74) is 0.942. The number of hydrogen-bond donors (Lipinski definition) is 2. The summed E-state index contributed by atoms with van der Waals surface area (Å²) in [5, 5.41) is 17.5. The molecule has 1 fully saturated rings. The summed E-state index contributed by atoms with van der Waals surface area (Å²) >= 11 is 0. The molecule has 0 bridgehead atoms. The molecule has 1 aromatic carbocycles. The summed E-state index contributed by atoms with van der Waals surface area (Å²) in [6, 6.07) is 4.71. The molecule has 134 valence electrons. The van der Waals surface area contributed by atoms with Gasteiger partial charge in [-0.05, 0) is 42.4 Å². The second kappa shape index (κ2) is 10.0. The minimum atomic E-state index is -1.99. The summed E-state index contributed by atoms with van der Waals surface area (Å²) in [7, 11) is -1.99. The molecule has 2 rings (SSSR count). The Hall–Kier alpha value is -1.07. The highest BCUT2D eigenvalue weighted by molar-refractivity contribution is 6.33. The number of aryl methyl sites for hydroxylation is 1. The van der Waals surface area contributed by atoms with Crippen LogP contribution in [0.4, 0.5) is 4.39 Å². The first-order valence-electron chi connectivity index (χ1n) is 9.39. The highest BCUT2D eigenvalue weighted by Crippen LogP contribution is 2.34. The Labute approximate surface area is 145 Å². The lowest BCUT2D eigenvalue weighted by molar-refractivity contribution is 0.249. The summed E-state index contributed by atoms with van der Waals surface area (Å²) in [6.45, 7) is 2.25. The largest absolute Gasteiger partial charge is 0.707 e. The molecular formula is C19H30BFO3. The predicted octanol–water partition coefficient (Wildman–Crippen LogP) is 4.49. The molecular weight excluding hydrogens is 306 g/mol. The first kappa shape index (κ1) is 19.3. The molecule has 0 atom stereocenters. The van der Waals surface area contributed by atoms with Crippen molar-refractivity contribution < 1.29 is 19.1 Å². The van der Waals surface area contributed by atoms with Crippen LogP contribution in [0.1, 0.15) is 70.3 Å². The van der Waals surface area contributed by atoms with Crippen molar-refractivity contribution in [2.24, 2.45) is 11.8 Å². The van der Waals surface area contributed by atoms with Crippen LogP contribution in [0.3, 0.4) is 0 Å². The first-order valence-corrected chi connectivity index (χ1v) is 9.39. The predicted molar refractivity (Wildman–Crippen MR) is 95.1 cm³/mol. The van der Waals surface area contributed by atoms with Crippen molar-refractivity contribution in [3.8, 4) is 5.75 Å². The van der Waals surface area contributed by atoms with E-state index in [1.165, 1.54) is 63.5 Å². The average molecular weight is 336 g/mol.